The lowest BCUT2D eigenvalue weighted by atomic mass is 10.2. The van der Waals surface area contributed by atoms with Crippen LogP contribution >= 0.6 is 0 Å². The Labute approximate surface area is 76.3 Å². The number of rotatable bonds is 5. The van der Waals surface area contributed by atoms with Gasteiger partial charge in [0, 0.05) is 13.7 Å². The van der Waals surface area contributed by atoms with Crippen molar-refractivity contribution < 1.29 is 13.9 Å². The molecule has 0 aliphatic carbocycles. The van der Waals surface area contributed by atoms with Crippen LogP contribution in [0.15, 0.2) is 0 Å². The highest BCUT2D eigenvalue weighted by molar-refractivity contribution is 6.29. The molecule has 1 fully saturated rings. The van der Waals surface area contributed by atoms with Crippen molar-refractivity contribution in [3.05, 3.63) is 0 Å². The van der Waals surface area contributed by atoms with Gasteiger partial charge in [-0.15, -0.1) is 0 Å². The fourth-order valence-electron chi connectivity index (χ4n) is 1.30. The summed E-state index contributed by atoms with van der Waals surface area (Å²) in [4.78, 5) is 0. The summed E-state index contributed by atoms with van der Waals surface area (Å²) in [5, 5.41) is 0. The van der Waals surface area contributed by atoms with Crippen molar-refractivity contribution in [1.82, 2.24) is 0 Å². The van der Waals surface area contributed by atoms with Gasteiger partial charge in [-0.2, -0.15) is 0 Å². The molecule has 1 heterocycles. The highest BCUT2D eigenvalue weighted by Crippen LogP contribution is 2.11. The first-order valence-corrected chi connectivity index (χ1v) is 6.01. The Morgan fingerprint density at radius 2 is 2.33 bits per heavy atom. The number of ether oxygens (including phenoxy) is 2. The zero-order valence-electron chi connectivity index (χ0n) is 7.75. The van der Waals surface area contributed by atoms with Gasteiger partial charge in [0.05, 0.1) is 18.9 Å². The molecule has 0 spiro atoms. The maximum atomic E-state index is 5.55. The normalized spacial score (nSPS) is 25.2. The molecule has 0 bridgehead atoms. The maximum Gasteiger partial charge on any atom is 0.190 e. The van der Waals surface area contributed by atoms with Crippen LogP contribution in [0.2, 0.25) is 0 Å². The van der Waals surface area contributed by atoms with Crippen molar-refractivity contribution >= 4 is 9.76 Å². The Balaban J connectivity index is 1.91. The molecule has 72 valence electrons. The highest BCUT2D eigenvalue weighted by Gasteiger charge is 2.14. The summed E-state index contributed by atoms with van der Waals surface area (Å²) in [6.07, 6.45) is 3.74. The van der Waals surface area contributed by atoms with Crippen molar-refractivity contribution in [3.8, 4) is 0 Å². The van der Waals surface area contributed by atoms with E-state index in [9.17, 15) is 0 Å². The predicted molar refractivity (Wildman–Crippen MR) is 50.0 cm³/mol. The van der Waals surface area contributed by atoms with Crippen LogP contribution in [0.25, 0.3) is 0 Å². The van der Waals surface area contributed by atoms with Gasteiger partial charge in [-0.05, 0) is 19.3 Å². The van der Waals surface area contributed by atoms with Crippen LogP contribution in [0, 0.1) is 0 Å². The van der Waals surface area contributed by atoms with Crippen molar-refractivity contribution in [2.24, 2.45) is 0 Å². The molecular weight excluding hydrogens is 172 g/mol. The lowest BCUT2D eigenvalue weighted by molar-refractivity contribution is 0.0519. The summed E-state index contributed by atoms with van der Waals surface area (Å²) in [5.41, 5.74) is 0.468. The second-order valence-electron chi connectivity index (χ2n) is 3.06. The molecule has 1 aliphatic heterocycles. The molecule has 0 aromatic heterocycles. The predicted octanol–water partition coefficient (Wildman–Crippen LogP) is 0.260. The van der Waals surface area contributed by atoms with Crippen molar-refractivity contribution in [1.29, 1.82) is 0 Å². The average Bonchev–Trinajstić information content (AvgIpc) is 2.14. The largest absolute Gasteiger partial charge is 0.419 e. The van der Waals surface area contributed by atoms with Gasteiger partial charge in [-0.25, -0.2) is 0 Å². The van der Waals surface area contributed by atoms with Crippen LogP contribution in [0.1, 0.15) is 19.3 Å². The molecule has 1 unspecified atom stereocenters. The fraction of sp³-hybridized carbons (Fsp3) is 1.00. The monoisotopic (exact) mass is 190 g/mol. The van der Waals surface area contributed by atoms with Crippen LogP contribution in [-0.2, 0) is 13.9 Å². The Kier molecular flexibility index (Phi) is 5.59. The minimum Gasteiger partial charge on any atom is -0.419 e. The second-order valence-corrected chi connectivity index (χ2v) is 4.71. The molecule has 1 saturated heterocycles. The molecule has 12 heavy (non-hydrogen) atoms. The van der Waals surface area contributed by atoms with E-state index in [2.05, 4.69) is 0 Å². The standard InChI is InChI=1S/C8H18O3Si/c1-9-6-7-11-12-8-4-2-3-5-10-8/h8H,2-7,12H2,1H3. The summed E-state index contributed by atoms with van der Waals surface area (Å²) >= 11 is 0. The molecule has 1 atom stereocenters. The van der Waals surface area contributed by atoms with E-state index in [0.29, 0.717) is 12.3 Å². The molecule has 1 rings (SSSR count). The van der Waals surface area contributed by atoms with E-state index in [1.54, 1.807) is 7.11 Å². The van der Waals surface area contributed by atoms with E-state index in [-0.39, 0.29) is 0 Å². The quantitative estimate of drug-likeness (QED) is 0.460. The Hall–Kier alpha value is 0.0969. The van der Waals surface area contributed by atoms with Crippen LogP contribution in [-0.4, -0.2) is 42.4 Å². The zero-order chi connectivity index (χ0) is 8.65. The first-order valence-electron chi connectivity index (χ1n) is 4.62. The van der Waals surface area contributed by atoms with Gasteiger partial charge in [-0.1, -0.05) is 0 Å². The number of hydrogen-bond donors (Lipinski definition) is 0. The topological polar surface area (TPSA) is 27.7 Å². The highest BCUT2D eigenvalue weighted by atomic mass is 28.2. The van der Waals surface area contributed by atoms with Gasteiger partial charge in [0.25, 0.3) is 0 Å². The van der Waals surface area contributed by atoms with Gasteiger partial charge in [-0.3, -0.25) is 0 Å². The third kappa shape index (κ3) is 4.20. The Bertz CT molecular complexity index is 104. The molecule has 0 radical (unpaired) electrons. The molecular formula is C8H18O3Si. The Morgan fingerprint density at radius 1 is 1.42 bits per heavy atom. The smallest absolute Gasteiger partial charge is 0.190 e. The van der Waals surface area contributed by atoms with E-state index in [1.807, 2.05) is 0 Å². The SMILES string of the molecule is COCCO[SiH2]C1CCCCO1. The summed E-state index contributed by atoms with van der Waals surface area (Å²) in [7, 11) is 1.24. The lowest BCUT2D eigenvalue weighted by Gasteiger charge is -2.21. The first kappa shape index (κ1) is 10.2. The van der Waals surface area contributed by atoms with Crippen LogP contribution in [0.3, 0.4) is 0 Å². The molecule has 4 heteroatoms. The molecule has 0 amide bonds. The van der Waals surface area contributed by atoms with Crippen LogP contribution in [0.5, 0.6) is 0 Å². The van der Waals surface area contributed by atoms with E-state index in [0.717, 1.165) is 13.2 Å². The van der Waals surface area contributed by atoms with Crippen LogP contribution in [0.4, 0.5) is 0 Å². The van der Waals surface area contributed by atoms with Gasteiger partial charge in [0.15, 0.2) is 9.76 Å². The minimum absolute atomic E-state index is 0.457. The summed E-state index contributed by atoms with van der Waals surface area (Å²) in [6, 6.07) is 0. The van der Waals surface area contributed by atoms with E-state index >= 15 is 0 Å². The zero-order valence-corrected chi connectivity index (χ0v) is 9.17. The van der Waals surface area contributed by atoms with Crippen molar-refractivity contribution in [3.63, 3.8) is 0 Å². The van der Waals surface area contributed by atoms with Gasteiger partial charge in [0.2, 0.25) is 0 Å². The minimum atomic E-state index is -0.457. The third-order valence-electron chi connectivity index (χ3n) is 2.01. The Morgan fingerprint density at radius 3 is 3.00 bits per heavy atom. The summed E-state index contributed by atoms with van der Waals surface area (Å²) in [6.45, 7) is 2.38. The first-order chi connectivity index (χ1) is 5.93. The van der Waals surface area contributed by atoms with Gasteiger partial charge >= 0.3 is 0 Å². The molecule has 3 nitrogen and oxygen atoms in total. The molecule has 0 aromatic carbocycles. The number of hydrogen-bond acceptors (Lipinski definition) is 3. The lowest BCUT2D eigenvalue weighted by Crippen LogP contribution is -2.28. The number of methoxy groups -OCH3 is 1. The molecule has 0 N–H and O–H groups in total. The van der Waals surface area contributed by atoms with Crippen LogP contribution < -0.4 is 0 Å². The van der Waals surface area contributed by atoms with E-state index in [4.69, 9.17) is 13.9 Å². The molecule has 0 saturated carbocycles. The van der Waals surface area contributed by atoms with E-state index < -0.39 is 9.76 Å². The second kappa shape index (κ2) is 6.60. The van der Waals surface area contributed by atoms with Crippen molar-refractivity contribution in [2.45, 2.75) is 25.0 Å². The maximum absolute atomic E-state index is 5.55. The molecule has 1 aliphatic rings. The van der Waals surface area contributed by atoms with Gasteiger partial charge < -0.3 is 13.9 Å². The average molecular weight is 190 g/mol. The summed E-state index contributed by atoms with van der Waals surface area (Å²) < 4.78 is 15.9. The molecule has 0 aromatic rings. The van der Waals surface area contributed by atoms with Crippen molar-refractivity contribution in [2.75, 3.05) is 26.9 Å². The van der Waals surface area contributed by atoms with Gasteiger partial charge in [0.1, 0.15) is 0 Å². The van der Waals surface area contributed by atoms with E-state index in [1.165, 1.54) is 19.3 Å². The summed E-state index contributed by atoms with van der Waals surface area (Å²) in [5.74, 6) is 0. The third-order valence-corrected chi connectivity index (χ3v) is 3.55. The fourth-order valence-corrected chi connectivity index (χ4v) is 2.56.